The van der Waals surface area contributed by atoms with Crippen molar-refractivity contribution in [3.8, 4) is 0 Å². The smallest absolute Gasteiger partial charge is 0.194 e. The lowest BCUT2D eigenvalue weighted by Crippen LogP contribution is -2.19. The van der Waals surface area contributed by atoms with Gasteiger partial charge >= 0.3 is 0 Å². The zero-order chi connectivity index (χ0) is 14.0. The van der Waals surface area contributed by atoms with Gasteiger partial charge in [0.15, 0.2) is 17.5 Å². The second-order valence-corrected chi connectivity index (χ2v) is 4.40. The molecular formula is C15H14F3N. The molecule has 0 aliphatic rings. The molecule has 1 nitrogen and oxygen atoms in total. The molecule has 0 fully saturated rings. The number of hydrogen-bond donors (Lipinski definition) is 1. The third-order valence-corrected chi connectivity index (χ3v) is 3.08. The Morgan fingerprint density at radius 2 is 1.53 bits per heavy atom. The van der Waals surface area contributed by atoms with Gasteiger partial charge in [0.1, 0.15) is 0 Å². The van der Waals surface area contributed by atoms with Crippen LogP contribution in [0.15, 0.2) is 36.4 Å². The molecule has 0 aliphatic heterocycles. The summed E-state index contributed by atoms with van der Waals surface area (Å²) in [5, 5.41) is 2.91. The molecule has 4 heteroatoms. The molecule has 0 heterocycles. The van der Waals surface area contributed by atoms with Crippen molar-refractivity contribution in [3.63, 3.8) is 0 Å². The van der Waals surface area contributed by atoms with Crippen LogP contribution in [0.5, 0.6) is 0 Å². The van der Waals surface area contributed by atoms with Gasteiger partial charge in [-0.3, -0.25) is 0 Å². The minimum atomic E-state index is -1.44. The van der Waals surface area contributed by atoms with Crippen molar-refractivity contribution in [2.24, 2.45) is 0 Å². The Bertz CT molecular complexity index is 579. The lowest BCUT2D eigenvalue weighted by molar-refractivity contribution is 0.435. The zero-order valence-electron chi connectivity index (χ0n) is 10.7. The highest BCUT2D eigenvalue weighted by Gasteiger charge is 2.20. The van der Waals surface area contributed by atoms with Gasteiger partial charge in [0.05, 0.1) is 6.04 Å². The van der Waals surface area contributed by atoms with Crippen molar-refractivity contribution in [2.45, 2.75) is 13.0 Å². The van der Waals surface area contributed by atoms with Gasteiger partial charge in [-0.1, -0.05) is 35.9 Å². The molecule has 1 unspecified atom stereocenters. The Kier molecular flexibility index (Phi) is 3.90. The van der Waals surface area contributed by atoms with Gasteiger partial charge in [0, 0.05) is 5.56 Å². The van der Waals surface area contributed by atoms with Gasteiger partial charge in [-0.2, -0.15) is 0 Å². The quantitative estimate of drug-likeness (QED) is 0.834. The first-order valence-corrected chi connectivity index (χ1v) is 5.92. The summed E-state index contributed by atoms with van der Waals surface area (Å²) >= 11 is 0. The van der Waals surface area contributed by atoms with E-state index in [0.717, 1.165) is 17.2 Å². The molecule has 19 heavy (non-hydrogen) atoms. The summed E-state index contributed by atoms with van der Waals surface area (Å²) in [6.07, 6.45) is 0. The summed E-state index contributed by atoms with van der Waals surface area (Å²) in [4.78, 5) is 0. The fraction of sp³-hybridized carbons (Fsp3) is 0.200. The molecule has 0 aromatic heterocycles. The van der Waals surface area contributed by atoms with E-state index in [4.69, 9.17) is 0 Å². The monoisotopic (exact) mass is 265 g/mol. The highest BCUT2D eigenvalue weighted by molar-refractivity contribution is 5.34. The van der Waals surface area contributed by atoms with Crippen LogP contribution in [0.1, 0.15) is 22.7 Å². The van der Waals surface area contributed by atoms with Gasteiger partial charge in [0.25, 0.3) is 0 Å². The van der Waals surface area contributed by atoms with Crippen molar-refractivity contribution in [1.82, 2.24) is 5.32 Å². The number of halogens is 3. The van der Waals surface area contributed by atoms with E-state index in [1.165, 1.54) is 6.07 Å². The zero-order valence-corrected chi connectivity index (χ0v) is 10.7. The Hall–Kier alpha value is -1.81. The number of nitrogens with one attached hydrogen (secondary N) is 1. The van der Waals surface area contributed by atoms with E-state index < -0.39 is 23.5 Å². The standard InChI is InChI=1S/C15H14F3N/c1-9-3-5-10(6-4-9)15(19-2)11-7-8-12(16)14(18)13(11)17/h3-8,15,19H,1-2H3. The SMILES string of the molecule is CNC(c1ccc(C)cc1)c1ccc(F)c(F)c1F. The maximum absolute atomic E-state index is 13.8. The molecule has 0 spiro atoms. The number of aryl methyl sites for hydroxylation is 1. The predicted molar refractivity (Wildman–Crippen MR) is 68.4 cm³/mol. The van der Waals surface area contributed by atoms with Crippen LogP contribution in [0.25, 0.3) is 0 Å². The van der Waals surface area contributed by atoms with Crippen molar-refractivity contribution >= 4 is 0 Å². The maximum Gasteiger partial charge on any atom is 0.194 e. The van der Waals surface area contributed by atoms with Crippen LogP contribution in [0, 0.1) is 24.4 Å². The van der Waals surface area contributed by atoms with Crippen molar-refractivity contribution in [3.05, 3.63) is 70.5 Å². The van der Waals surface area contributed by atoms with Crippen LogP contribution in [0.2, 0.25) is 0 Å². The van der Waals surface area contributed by atoms with Crippen LogP contribution in [-0.4, -0.2) is 7.05 Å². The summed E-state index contributed by atoms with van der Waals surface area (Å²) in [5.74, 6) is -3.77. The molecule has 1 N–H and O–H groups in total. The second-order valence-electron chi connectivity index (χ2n) is 4.40. The summed E-state index contributed by atoms with van der Waals surface area (Å²) in [6.45, 7) is 1.94. The molecule has 2 rings (SSSR count). The normalized spacial score (nSPS) is 12.5. The molecule has 0 amide bonds. The average molecular weight is 265 g/mol. The van der Waals surface area contributed by atoms with E-state index in [0.29, 0.717) is 0 Å². The Labute approximate surface area is 110 Å². The van der Waals surface area contributed by atoms with E-state index >= 15 is 0 Å². The van der Waals surface area contributed by atoms with E-state index in [1.54, 1.807) is 7.05 Å². The third kappa shape index (κ3) is 2.63. The highest BCUT2D eigenvalue weighted by Crippen LogP contribution is 2.26. The number of rotatable bonds is 3. The van der Waals surface area contributed by atoms with Crippen LogP contribution in [0.3, 0.4) is 0 Å². The Balaban J connectivity index is 2.48. The van der Waals surface area contributed by atoms with Crippen molar-refractivity contribution in [2.75, 3.05) is 7.05 Å². The number of benzene rings is 2. The van der Waals surface area contributed by atoms with Crippen LogP contribution in [-0.2, 0) is 0 Å². The molecule has 100 valence electrons. The maximum atomic E-state index is 13.8. The molecule has 0 aliphatic carbocycles. The molecule has 2 aromatic carbocycles. The van der Waals surface area contributed by atoms with Crippen LogP contribution < -0.4 is 5.32 Å². The number of hydrogen-bond acceptors (Lipinski definition) is 1. The van der Waals surface area contributed by atoms with Gasteiger partial charge in [-0.25, -0.2) is 13.2 Å². The summed E-state index contributed by atoms with van der Waals surface area (Å²) < 4.78 is 40.0. The molecule has 1 atom stereocenters. The van der Waals surface area contributed by atoms with Gasteiger partial charge < -0.3 is 5.32 Å². The van der Waals surface area contributed by atoms with E-state index in [1.807, 2.05) is 31.2 Å². The van der Waals surface area contributed by atoms with Gasteiger partial charge in [0.2, 0.25) is 0 Å². The predicted octanol–water partition coefficient (Wildman–Crippen LogP) is 3.72. The first-order valence-electron chi connectivity index (χ1n) is 5.92. The molecule has 2 aromatic rings. The fourth-order valence-corrected chi connectivity index (χ4v) is 2.02. The molecular weight excluding hydrogens is 251 g/mol. The van der Waals surface area contributed by atoms with Crippen LogP contribution in [0.4, 0.5) is 13.2 Å². The molecule has 0 saturated heterocycles. The summed E-state index contributed by atoms with van der Waals surface area (Å²) in [6, 6.07) is 9.11. The van der Waals surface area contributed by atoms with Gasteiger partial charge in [-0.15, -0.1) is 0 Å². The minimum Gasteiger partial charge on any atom is -0.309 e. The first kappa shape index (κ1) is 13.6. The largest absolute Gasteiger partial charge is 0.309 e. The Morgan fingerprint density at radius 3 is 2.11 bits per heavy atom. The van der Waals surface area contributed by atoms with E-state index in [2.05, 4.69) is 5.32 Å². The average Bonchev–Trinajstić information content (AvgIpc) is 2.41. The van der Waals surface area contributed by atoms with Crippen LogP contribution >= 0.6 is 0 Å². The molecule has 0 radical (unpaired) electrons. The third-order valence-electron chi connectivity index (χ3n) is 3.08. The van der Waals surface area contributed by atoms with Gasteiger partial charge in [-0.05, 0) is 25.6 Å². The van der Waals surface area contributed by atoms with Crippen molar-refractivity contribution < 1.29 is 13.2 Å². The summed E-state index contributed by atoms with van der Waals surface area (Å²) in [7, 11) is 1.64. The minimum absolute atomic E-state index is 0.0882. The van der Waals surface area contributed by atoms with E-state index in [-0.39, 0.29) is 5.56 Å². The highest BCUT2D eigenvalue weighted by atomic mass is 19.2. The second kappa shape index (κ2) is 5.45. The topological polar surface area (TPSA) is 12.0 Å². The first-order chi connectivity index (χ1) is 9.04. The Morgan fingerprint density at radius 1 is 0.895 bits per heavy atom. The molecule has 0 bridgehead atoms. The lowest BCUT2D eigenvalue weighted by atomic mass is 9.97. The summed E-state index contributed by atoms with van der Waals surface area (Å²) in [5.41, 5.74) is 1.95. The fourth-order valence-electron chi connectivity index (χ4n) is 2.02. The van der Waals surface area contributed by atoms with E-state index in [9.17, 15) is 13.2 Å². The molecule has 0 saturated carbocycles. The lowest BCUT2D eigenvalue weighted by Gasteiger charge is -2.18. The van der Waals surface area contributed by atoms with Crippen molar-refractivity contribution in [1.29, 1.82) is 0 Å².